The Morgan fingerprint density at radius 1 is 1.07 bits per heavy atom. The van der Waals surface area contributed by atoms with Crippen LogP contribution in [0.3, 0.4) is 0 Å². The molecule has 0 saturated heterocycles. The Labute approximate surface area is 162 Å². The van der Waals surface area contributed by atoms with Crippen LogP contribution in [0.4, 0.5) is 5.13 Å². The zero-order chi connectivity index (χ0) is 19.4. The minimum absolute atomic E-state index is 0.00891. The minimum Gasteiger partial charge on any atom is -0.508 e. The third-order valence-electron chi connectivity index (χ3n) is 4.71. The van der Waals surface area contributed by atoms with Crippen molar-refractivity contribution < 1.29 is 14.3 Å². The van der Waals surface area contributed by atoms with E-state index < -0.39 is 11.9 Å². The molecule has 2 aromatic carbocycles. The maximum Gasteiger partial charge on any atom is 0.297 e. The van der Waals surface area contributed by atoms with Crippen LogP contribution in [0.1, 0.15) is 32.7 Å². The van der Waals surface area contributed by atoms with Gasteiger partial charge in [-0.05, 0) is 36.8 Å². The van der Waals surface area contributed by atoms with Gasteiger partial charge in [0.1, 0.15) is 16.3 Å². The number of carbonyl (C=O) groups is 1. The summed E-state index contributed by atoms with van der Waals surface area (Å²) in [5.74, 6) is -0.334. The normalized spacial score (nSPS) is 16.0. The van der Waals surface area contributed by atoms with Gasteiger partial charge in [0.25, 0.3) is 5.91 Å². The fraction of sp³-hybridized carbons (Fsp3) is 0.100. The van der Waals surface area contributed by atoms with Gasteiger partial charge >= 0.3 is 0 Å². The van der Waals surface area contributed by atoms with Gasteiger partial charge in [0.15, 0.2) is 5.43 Å². The number of hydrogen-bond acceptors (Lipinski definition) is 7. The van der Waals surface area contributed by atoms with Crippen LogP contribution >= 0.6 is 11.3 Å². The molecule has 0 bridgehead atoms. The Balaban J connectivity index is 1.82. The van der Waals surface area contributed by atoms with Crippen molar-refractivity contribution in [2.45, 2.75) is 13.0 Å². The van der Waals surface area contributed by atoms with Crippen molar-refractivity contribution in [3.63, 3.8) is 0 Å². The molecule has 28 heavy (non-hydrogen) atoms. The number of phenols is 1. The van der Waals surface area contributed by atoms with Crippen molar-refractivity contribution in [2.24, 2.45) is 0 Å². The van der Waals surface area contributed by atoms with Crippen LogP contribution in [0.2, 0.25) is 0 Å². The van der Waals surface area contributed by atoms with E-state index in [4.69, 9.17) is 4.42 Å². The molecular weight excluding hydrogens is 378 g/mol. The first-order valence-electron chi connectivity index (χ1n) is 8.53. The van der Waals surface area contributed by atoms with E-state index in [-0.39, 0.29) is 22.5 Å². The second-order valence-electron chi connectivity index (χ2n) is 6.44. The van der Waals surface area contributed by atoms with Gasteiger partial charge in [0.05, 0.1) is 17.0 Å². The lowest BCUT2D eigenvalue weighted by Gasteiger charge is -2.22. The van der Waals surface area contributed by atoms with E-state index in [1.165, 1.54) is 28.4 Å². The molecule has 7 nitrogen and oxygen atoms in total. The minimum atomic E-state index is -0.712. The maximum absolute atomic E-state index is 13.3. The molecule has 1 aliphatic rings. The predicted octanol–water partition coefficient (Wildman–Crippen LogP) is 3.41. The van der Waals surface area contributed by atoms with Crippen LogP contribution in [0.5, 0.6) is 5.75 Å². The van der Waals surface area contributed by atoms with Crippen LogP contribution in [0, 0.1) is 6.92 Å². The van der Waals surface area contributed by atoms with E-state index in [1.54, 1.807) is 43.3 Å². The van der Waals surface area contributed by atoms with Crippen LogP contribution in [-0.2, 0) is 0 Å². The number of phenolic OH excluding ortho intramolecular Hbond substituents is 1. The Hall–Kier alpha value is -3.52. The second-order valence-corrected chi connectivity index (χ2v) is 7.60. The lowest BCUT2D eigenvalue weighted by molar-refractivity contribution is 0.0970. The molecule has 1 unspecified atom stereocenters. The van der Waals surface area contributed by atoms with Crippen LogP contribution in [0.25, 0.3) is 11.0 Å². The molecular formula is C20H13N3O4S. The molecule has 138 valence electrons. The molecule has 1 N–H and O–H groups in total. The molecule has 3 heterocycles. The summed E-state index contributed by atoms with van der Waals surface area (Å²) in [5.41, 5.74) is 1.04. The molecule has 0 spiro atoms. The van der Waals surface area contributed by atoms with E-state index in [2.05, 4.69) is 10.2 Å². The third kappa shape index (κ3) is 2.35. The highest BCUT2D eigenvalue weighted by Crippen LogP contribution is 2.42. The van der Waals surface area contributed by atoms with Gasteiger partial charge in [-0.25, -0.2) is 0 Å². The molecule has 0 fully saturated rings. The van der Waals surface area contributed by atoms with Crippen molar-refractivity contribution >= 4 is 33.3 Å². The summed E-state index contributed by atoms with van der Waals surface area (Å²) >= 11 is 1.26. The van der Waals surface area contributed by atoms with Crippen LogP contribution in [0.15, 0.2) is 57.7 Å². The predicted molar refractivity (Wildman–Crippen MR) is 104 cm³/mol. The lowest BCUT2D eigenvalue weighted by Crippen LogP contribution is -2.29. The van der Waals surface area contributed by atoms with Gasteiger partial charge in [-0.1, -0.05) is 35.6 Å². The standard InChI is InChI=1S/C20H13N3O4S/c1-10-21-22-20(28-10)23-16(11-6-8-12(24)9-7-11)15-17(25)13-4-2-3-5-14(13)27-18(15)19(23)26/h2-9,16,24H,1H3. The molecule has 4 aromatic rings. The van der Waals surface area contributed by atoms with Gasteiger partial charge in [0.2, 0.25) is 10.9 Å². The Morgan fingerprint density at radius 3 is 2.54 bits per heavy atom. The number of amides is 1. The average molecular weight is 391 g/mol. The first-order valence-corrected chi connectivity index (χ1v) is 9.34. The van der Waals surface area contributed by atoms with E-state index in [0.29, 0.717) is 26.7 Å². The number of rotatable bonds is 2. The van der Waals surface area contributed by atoms with Gasteiger partial charge in [-0.2, -0.15) is 0 Å². The van der Waals surface area contributed by atoms with Crippen molar-refractivity contribution in [2.75, 3.05) is 4.90 Å². The molecule has 8 heteroatoms. The zero-order valence-electron chi connectivity index (χ0n) is 14.6. The number of fused-ring (bicyclic) bond motifs is 2. The fourth-order valence-corrected chi connectivity index (χ4v) is 4.19. The molecule has 1 aliphatic heterocycles. The SMILES string of the molecule is Cc1nnc(N2C(=O)c3oc4ccccc4c(=O)c3C2c2ccc(O)cc2)s1. The monoisotopic (exact) mass is 391 g/mol. The van der Waals surface area contributed by atoms with E-state index >= 15 is 0 Å². The fourth-order valence-electron chi connectivity index (χ4n) is 3.47. The molecule has 0 aliphatic carbocycles. The van der Waals surface area contributed by atoms with Gasteiger partial charge in [-0.3, -0.25) is 14.5 Å². The van der Waals surface area contributed by atoms with E-state index in [1.807, 2.05) is 0 Å². The van der Waals surface area contributed by atoms with Crippen molar-refractivity contribution in [3.05, 3.63) is 80.6 Å². The number of benzene rings is 2. The number of aryl methyl sites for hydroxylation is 1. The van der Waals surface area contributed by atoms with E-state index in [9.17, 15) is 14.7 Å². The van der Waals surface area contributed by atoms with Crippen molar-refractivity contribution in [1.82, 2.24) is 10.2 Å². The summed E-state index contributed by atoms with van der Waals surface area (Å²) in [4.78, 5) is 27.9. The molecule has 1 atom stereocenters. The number of nitrogens with zero attached hydrogens (tertiary/aromatic N) is 3. The molecule has 2 aromatic heterocycles. The third-order valence-corrected chi connectivity index (χ3v) is 5.55. The highest BCUT2D eigenvalue weighted by molar-refractivity contribution is 7.15. The number of carbonyl (C=O) groups excluding carboxylic acids is 1. The van der Waals surface area contributed by atoms with E-state index in [0.717, 1.165) is 0 Å². The number of aromatic nitrogens is 2. The Kier molecular flexibility index (Phi) is 3.56. The highest BCUT2D eigenvalue weighted by atomic mass is 32.1. The van der Waals surface area contributed by atoms with Gasteiger partial charge in [-0.15, -0.1) is 10.2 Å². The quantitative estimate of drug-likeness (QED) is 0.562. The average Bonchev–Trinajstić information content (AvgIpc) is 3.24. The molecule has 1 amide bonds. The largest absolute Gasteiger partial charge is 0.508 e. The van der Waals surface area contributed by atoms with Crippen molar-refractivity contribution in [1.29, 1.82) is 0 Å². The number of anilines is 1. The number of aromatic hydroxyl groups is 1. The maximum atomic E-state index is 13.3. The summed E-state index contributed by atoms with van der Waals surface area (Å²) in [6, 6.07) is 12.5. The van der Waals surface area contributed by atoms with Gasteiger partial charge < -0.3 is 9.52 Å². The van der Waals surface area contributed by atoms with Crippen LogP contribution < -0.4 is 10.3 Å². The number of hydrogen-bond donors (Lipinski definition) is 1. The highest BCUT2D eigenvalue weighted by Gasteiger charge is 2.45. The van der Waals surface area contributed by atoms with Gasteiger partial charge in [0, 0.05) is 0 Å². The summed E-state index contributed by atoms with van der Waals surface area (Å²) in [7, 11) is 0. The summed E-state index contributed by atoms with van der Waals surface area (Å²) in [5, 5.41) is 19.3. The Morgan fingerprint density at radius 2 is 1.82 bits per heavy atom. The zero-order valence-corrected chi connectivity index (χ0v) is 15.4. The summed E-state index contributed by atoms with van der Waals surface area (Å²) in [6.07, 6.45) is 0. The topological polar surface area (TPSA) is 96.5 Å². The first kappa shape index (κ1) is 16.6. The Bertz CT molecular complexity index is 1290. The van der Waals surface area contributed by atoms with Crippen molar-refractivity contribution in [3.8, 4) is 5.75 Å². The second kappa shape index (κ2) is 6.00. The summed E-state index contributed by atoms with van der Waals surface area (Å²) < 4.78 is 5.85. The summed E-state index contributed by atoms with van der Waals surface area (Å²) in [6.45, 7) is 1.79. The molecule has 5 rings (SSSR count). The smallest absolute Gasteiger partial charge is 0.297 e. The molecule has 0 saturated carbocycles. The number of para-hydroxylation sites is 1. The first-order chi connectivity index (χ1) is 13.5. The molecule has 0 radical (unpaired) electrons. The van der Waals surface area contributed by atoms with Crippen LogP contribution in [-0.4, -0.2) is 21.2 Å². The lowest BCUT2D eigenvalue weighted by atomic mass is 9.98.